The fourth-order valence-corrected chi connectivity index (χ4v) is 2.58. The van der Waals surface area contributed by atoms with Crippen molar-refractivity contribution in [3.8, 4) is 0 Å². The highest BCUT2D eigenvalue weighted by Crippen LogP contribution is 2.26. The molecule has 0 bridgehead atoms. The number of carboxylic acids is 1. The van der Waals surface area contributed by atoms with E-state index in [9.17, 15) is 4.79 Å². The van der Waals surface area contributed by atoms with Crippen LogP contribution >= 0.6 is 11.6 Å². The lowest BCUT2D eigenvalue weighted by atomic mass is 10.1. The van der Waals surface area contributed by atoms with E-state index in [1.807, 2.05) is 35.2 Å². The summed E-state index contributed by atoms with van der Waals surface area (Å²) in [5.74, 6) is -0.369. The molecule has 3 rings (SSSR count). The number of aromatic carboxylic acids is 1. The molecule has 2 aromatic rings. The first kappa shape index (κ1) is 14.8. The van der Waals surface area contributed by atoms with Crippen molar-refractivity contribution in [2.24, 2.45) is 0 Å². The lowest BCUT2D eigenvalue weighted by molar-refractivity contribution is 0.0395. The van der Waals surface area contributed by atoms with Crippen molar-refractivity contribution in [3.63, 3.8) is 0 Å². The van der Waals surface area contributed by atoms with Crippen molar-refractivity contribution in [2.75, 3.05) is 24.6 Å². The molecule has 1 saturated heterocycles. The minimum atomic E-state index is -1.02. The zero-order chi connectivity index (χ0) is 15.5. The molecule has 2 heterocycles. The summed E-state index contributed by atoms with van der Waals surface area (Å²) in [5.41, 5.74) is 1.09. The number of morpholine rings is 1. The number of ether oxygens (including phenoxy) is 1. The van der Waals surface area contributed by atoms with Crippen LogP contribution in [0.5, 0.6) is 0 Å². The van der Waals surface area contributed by atoms with Crippen LogP contribution in [-0.2, 0) is 4.74 Å². The van der Waals surface area contributed by atoms with E-state index in [1.54, 1.807) is 6.07 Å². The predicted octanol–water partition coefficient (Wildman–Crippen LogP) is 3.01. The number of pyridine rings is 1. The van der Waals surface area contributed by atoms with E-state index < -0.39 is 5.97 Å². The third kappa shape index (κ3) is 3.21. The van der Waals surface area contributed by atoms with Crippen LogP contribution in [0.2, 0.25) is 5.02 Å². The van der Waals surface area contributed by atoms with Crippen LogP contribution in [0, 0.1) is 0 Å². The van der Waals surface area contributed by atoms with Gasteiger partial charge in [-0.2, -0.15) is 0 Å². The summed E-state index contributed by atoms with van der Waals surface area (Å²) in [5, 5.41) is 9.73. The highest BCUT2D eigenvalue weighted by molar-refractivity contribution is 6.30. The molecule has 1 N–H and O–H groups in total. The van der Waals surface area contributed by atoms with E-state index in [1.165, 1.54) is 6.07 Å². The fourth-order valence-electron chi connectivity index (χ4n) is 2.45. The van der Waals surface area contributed by atoms with Gasteiger partial charge in [-0.25, -0.2) is 9.78 Å². The number of aromatic nitrogens is 1. The van der Waals surface area contributed by atoms with Crippen molar-refractivity contribution in [1.29, 1.82) is 0 Å². The van der Waals surface area contributed by atoms with Crippen LogP contribution in [0.4, 0.5) is 5.82 Å². The third-order valence-corrected chi connectivity index (χ3v) is 3.84. The zero-order valence-electron chi connectivity index (χ0n) is 11.8. The predicted molar refractivity (Wildman–Crippen MR) is 83.6 cm³/mol. The van der Waals surface area contributed by atoms with Gasteiger partial charge in [-0.3, -0.25) is 0 Å². The van der Waals surface area contributed by atoms with E-state index in [0.717, 1.165) is 5.56 Å². The maximum Gasteiger partial charge on any atom is 0.354 e. The summed E-state index contributed by atoms with van der Waals surface area (Å²) in [6.45, 7) is 1.87. The molecule has 1 aromatic heterocycles. The molecule has 0 radical (unpaired) electrons. The molecule has 0 saturated carbocycles. The van der Waals surface area contributed by atoms with Crippen molar-refractivity contribution in [1.82, 2.24) is 4.98 Å². The Morgan fingerprint density at radius 1 is 1.27 bits per heavy atom. The van der Waals surface area contributed by atoms with Gasteiger partial charge in [0.05, 0.1) is 6.61 Å². The minimum absolute atomic E-state index is 0.0482. The molecule has 1 fully saturated rings. The molecule has 114 valence electrons. The zero-order valence-corrected chi connectivity index (χ0v) is 12.5. The Labute approximate surface area is 133 Å². The van der Waals surface area contributed by atoms with Crippen molar-refractivity contribution < 1.29 is 14.6 Å². The maximum absolute atomic E-state index is 11.0. The molecule has 0 aliphatic carbocycles. The lowest BCUT2D eigenvalue weighted by Crippen LogP contribution is -2.39. The van der Waals surface area contributed by atoms with Gasteiger partial charge in [-0.1, -0.05) is 29.8 Å². The number of hydrogen-bond acceptors (Lipinski definition) is 4. The van der Waals surface area contributed by atoms with Crippen LogP contribution in [-0.4, -0.2) is 35.8 Å². The van der Waals surface area contributed by atoms with Gasteiger partial charge >= 0.3 is 5.97 Å². The van der Waals surface area contributed by atoms with E-state index in [4.69, 9.17) is 21.4 Å². The number of anilines is 1. The molecule has 1 aliphatic rings. The first-order chi connectivity index (χ1) is 10.6. The van der Waals surface area contributed by atoms with Crippen molar-refractivity contribution in [2.45, 2.75) is 6.10 Å². The Morgan fingerprint density at radius 3 is 2.77 bits per heavy atom. The van der Waals surface area contributed by atoms with Crippen LogP contribution in [0.15, 0.2) is 42.5 Å². The second-order valence-corrected chi connectivity index (χ2v) is 5.48. The Hall–Kier alpha value is -2.11. The van der Waals surface area contributed by atoms with Gasteiger partial charge in [0.15, 0.2) is 5.69 Å². The number of hydrogen-bond donors (Lipinski definition) is 1. The third-order valence-electron chi connectivity index (χ3n) is 3.59. The molecule has 5 nitrogen and oxygen atoms in total. The maximum atomic E-state index is 11.0. The number of nitrogens with zero attached hydrogens (tertiary/aromatic N) is 2. The smallest absolute Gasteiger partial charge is 0.354 e. The van der Waals surface area contributed by atoms with E-state index >= 15 is 0 Å². The van der Waals surface area contributed by atoms with Gasteiger partial charge in [0.1, 0.15) is 11.9 Å². The second-order valence-electron chi connectivity index (χ2n) is 5.04. The molecule has 0 spiro atoms. The molecule has 1 aliphatic heterocycles. The van der Waals surface area contributed by atoms with Gasteiger partial charge in [-0.15, -0.1) is 0 Å². The summed E-state index contributed by atoms with van der Waals surface area (Å²) in [7, 11) is 0. The fraction of sp³-hybridized carbons (Fsp3) is 0.250. The number of rotatable bonds is 3. The van der Waals surface area contributed by atoms with E-state index in [2.05, 4.69) is 4.98 Å². The largest absolute Gasteiger partial charge is 0.477 e. The number of carbonyl (C=O) groups is 1. The average molecular weight is 319 g/mol. The summed E-state index contributed by atoms with van der Waals surface area (Å²) in [6, 6.07) is 12.6. The van der Waals surface area contributed by atoms with Gasteiger partial charge < -0.3 is 14.7 Å². The SMILES string of the molecule is O=C(O)c1cccc(N2CCO[C@H](c3ccc(Cl)cc3)C2)n1. The number of carboxylic acid groups (broad SMARTS) is 1. The molecule has 1 aromatic carbocycles. The highest BCUT2D eigenvalue weighted by atomic mass is 35.5. The number of halogens is 1. The summed E-state index contributed by atoms with van der Waals surface area (Å²) < 4.78 is 5.80. The molecule has 22 heavy (non-hydrogen) atoms. The topological polar surface area (TPSA) is 62.7 Å². The van der Waals surface area contributed by atoms with Gasteiger partial charge in [0.2, 0.25) is 0 Å². The standard InChI is InChI=1S/C16H15ClN2O3/c17-12-6-4-11(5-7-12)14-10-19(8-9-22-14)15-3-1-2-13(18-15)16(20)21/h1-7,14H,8-10H2,(H,20,21)/t14-/m0/s1. The molecule has 0 amide bonds. The first-order valence-electron chi connectivity index (χ1n) is 6.96. The highest BCUT2D eigenvalue weighted by Gasteiger charge is 2.23. The van der Waals surface area contributed by atoms with Crippen LogP contribution in [0.25, 0.3) is 0 Å². The summed E-state index contributed by atoms with van der Waals surface area (Å²) in [4.78, 5) is 17.3. The Balaban J connectivity index is 1.79. The summed E-state index contributed by atoms with van der Waals surface area (Å²) >= 11 is 5.91. The minimum Gasteiger partial charge on any atom is -0.477 e. The van der Waals surface area contributed by atoms with E-state index in [-0.39, 0.29) is 11.8 Å². The quantitative estimate of drug-likeness (QED) is 0.942. The van der Waals surface area contributed by atoms with E-state index in [0.29, 0.717) is 30.5 Å². The molecule has 0 unspecified atom stereocenters. The molecular weight excluding hydrogens is 304 g/mol. The number of benzene rings is 1. The van der Waals surface area contributed by atoms with Crippen LogP contribution in [0.1, 0.15) is 22.2 Å². The first-order valence-corrected chi connectivity index (χ1v) is 7.33. The monoisotopic (exact) mass is 318 g/mol. The Bertz CT molecular complexity index is 675. The van der Waals surface area contributed by atoms with Gasteiger partial charge in [-0.05, 0) is 29.8 Å². The lowest BCUT2D eigenvalue weighted by Gasteiger charge is -2.34. The van der Waals surface area contributed by atoms with Crippen LogP contribution in [0.3, 0.4) is 0 Å². The van der Waals surface area contributed by atoms with Gasteiger partial charge in [0, 0.05) is 18.1 Å². The normalized spacial score (nSPS) is 18.2. The Kier molecular flexibility index (Phi) is 4.27. The molecule has 6 heteroatoms. The van der Waals surface area contributed by atoms with Crippen molar-refractivity contribution in [3.05, 3.63) is 58.7 Å². The Morgan fingerprint density at radius 2 is 2.05 bits per heavy atom. The van der Waals surface area contributed by atoms with Crippen molar-refractivity contribution >= 4 is 23.4 Å². The average Bonchev–Trinajstić information content (AvgIpc) is 2.56. The summed E-state index contributed by atoms with van der Waals surface area (Å²) in [6.07, 6.45) is -0.0821. The van der Waals surface area contributed by atoms with Gasteiger partial charge in [0.25, 0.3) is 0 Å². The second kappa shape index (κ2) is 6.34. The van der Waals surface area contributed by atoms with Crippen LogP contribution < -0.4 is 4.90 Å². The molecular formula is C16H15ClN2O3. The molecule has 1 atom stereocenters.